The lowest BCUT2D eigenvalue weighted by atomic mass is 10.1. The van der Waals surface area contributed by atoms with Gasteiger partial charge < -0.3 is 35.4 Å². The first-order valence-electron chi connectivity index (χ1n) is 13.4. The van der Waals surface area contributed by atoms with Crippen LogP contribution in [0.15, 0.2) is 47.6 Å². The number of carbonyl (C=O) groups excluding carboxylic acids is 1. The summed E-state index contributed by atoms with van der Waals surface area (Å²) in [5.74, 6) is 13.7. The molecule has 1 heterocycles. The molecule has 0 saturated carbocycles. The maximum atomic E-state index is 12.7. The first kappa shape index (κ1) is 30.0. The Kier molecular flexibility index (Phi) is 12.6. The number of methoxy groups -OCH3 is 2. The Balaban J connectivity index is 1.77. The zero-order valence-corrected chi connectivity index (χ0v) is 23.0. The van der Waals surface area contributed by atoms with Crippen LogP contribution < -0.4 is 36.5 Å². The van der Waals surface area contributed by atoms with Crippen molar-refractivity contribution in [3.8, 4) is 17.2 Å². The van der Waals surface area contributed by atoms with Gasteiger partial charge in [-0.25, -0.2) is 10.6 Å². The van der Waals surface area contributed by atoms with Crippen LogP contribution in [0.5, 0.6) is 17.2 Å². The molecule has 1 atom stereocenters. The fourth-order valence-corrected chi connectivity index (χ4v) is 4.43. The molecule has 6 N–H and O–H groups in total. The normalized spacial score (nSPS) is 18.8. The molecule has 2 bridgehead atoms. The number of benzene rings is 2. The third-order valence-corrected chi connectivity index (χ3v) is 6.50. The van der Waals surface area contributed by atoms with Crippen LogP contribution in [-0.4, -0.2) is 76.5 Å². The van der Waals surface area contributed by atoms with E-state index in [1.54, 1.807) is 17.1 Å². The summed E-state index contributed by atoms with van der Waals surface area (Å²) in [6.07, 6.45) is 3.92. The second kappa shape index (κ2) is 16.4. The van der Waals surface area contributed by atoms with E-state index >= 15 is 0 Å². The number of nitrogens with one attached hydrogen (secondary N) is 2. The lowest BCUT2D eigenvalue weighted by Gasteiger charge is -2.30. The second-order valence-corrected chi connectivity index (χ2v) is 9.21. The van der Waals surface area contributed by atoms with Gasteiger partial charge in [0, 0.05) is 11.6 Å². The van der Waals surface area contributed by atoms with Gasteiger partial charge in [-0.3, -0.25) is 5.01 Å². The van der Waals surface area contributed by atoms with Crippen molar-refractivity contribution in [2.24, 2.45) is 16.8 Å². The molecule has 0 radical (unpaired) electrons. The van der Waals surface area contributed by atoms with Crippen molar-refractivity contribution in [2.75, 3.05) is 53.6 Å². The van der Waals surface area contributed by atoms with Crippen molar-refractivity contribution < 1.29 is 23.7 Å². The van der Waals surface area contributed by atoms with Gasteiger partial charge in [0.1, 0.15) is 0 Å². The van der Waals surface area contributed by atoms with Crippen LogP contribution >= 0.6 is 0 Å². The fraction of sp³-hybridized carbons (Fsp3) is 0.500. The first-order chi connectivity index (χ1) is 19.1. The van der Waals surface area contributed by atoms with E-state index in [9.17, 15) is 4.79 Å². The maximum absolute atomic E-state index is 12.7. The Hall–Kier alpha value is -3.54. The molecule has 3 rings (SSSR count). The minimum absolute atomic E-state index is 0.0370. The molecule has 2 aromatic rings. The molecular weight excluding hydrogens is 500 g/mol. The summed E-state index contributed by atoms with van der Waals surface area (Å²) >= 11 is 0. The highest BCUT2D eigenvalue weighted by molar-refractivity contribution is 5.98. The maximum Gasteiger partial charge on any atom is 0.338 e. The SMILES string of the molecule is COc1cc2cc(c1OC)OCCCC(N(N)/C(=N\N)c1ccccc1)CCNCCCNCCCOC2=O. The summed E-state index contributed by atoms with van der Waals surface area (Å²) in [7, 11) is 3.05. The topological polar surface area (TPSA) is 146 Å². The highest BCUT2D eigenvalue weighted by Gasteiger charge is 2.22. The number of cyclic esters (lactones) is 1. The van der Waals surface area contributed by atoms with Crippen LogP contribution in [0.1, 0.15) is 48.0 Å². The van der Waals surface area contributed by atoms with Crippen molar-refractivity contribution in [2.45, 2.75) is 38.1 Å². The van der Waals surface area contributed by atoms with Gasteiger partial charge in [0.25, 0.3) is 0 Å². The number of hydrazone groups is 1. The molecule has 0 amide bonds. The number of hydrogen-bond acceptors (Lipinski definition) is 10. The average Bonchev–Trinajstić information content (AvgIpc) is 2.96. The van der Waals surface area contributed by atoms with Crippen molar-refractivity contribution in [3.05, 3.63) is 53.6 Å². The molecule has 11 nitrogen and oxygen atoms in total. The van der Waals surface area contributed by atoms with Crippen LogP contribution in [0.3, 0.4) is 0 Å². The summed E-state index contributed by atoms with van der Waals surface area (Å²) in [6.45, 7) is 4.02. The smallest absolute Gasteiger partial charge is 0.338 e. The largest absolute Gasteiger partial charge is 0.493 e. The minimum Gasteiger partial charge on any atom is -0.493 e. The Morgan fingerprint density at radius 1 is 0.949 bits per heavy atom. The Labute approximate surface area is 230 Å². The lowest BCUT2D eigenvalue weighted by molar-refractivity contribution is 0.0499. The van der Waals surface area contributed by atoms with Gasteiger partial charge in [-0.15, -0.1) is 0 Å². The number of fused-ring (bicyclic) bond motifs is 2. The highest BCUT2D eigenvalue weighted by atomic mass is 16.5. The zero-order chi connectivity index (χ0) is 27.9. The molecule has 2 aromatic carbocycles. The summed E-state index contributed by atoms with van der Waals surface area (Å²) in [5.41, 5.74) is 1.19. The number of ether oxygens (including phenoxy) is 4. The number of rotatable bonds is 4. The molecular formula is C28H42N6O5. The Morgan fingerprint density at radius 2 is 1.67 bits per heavy atom. The Bertz CT molecular complexity index is 1050. The number of nitrogens with two attached hydrogens (primary N) is 2. The van der Waals surface area contributed by atoms with Crippen molar-refractivity contribution in [1.29, 1.82) is 0 Å². The molecule has 0 aromatic heterocycles. The van der Waals surface area contributed by atoms with Gasteiger partial charge in [0.05, 0.1) is 33.0 Å². The van der Waals surface area contributed by atoms with Gasteiger partial charge >= 0.3 is 5.97 Å². The van der Waals surface area contributed by atoms with Gasteiger partial charge in [0.2, 0.25) is 5.75 Å². The number of hydrazine groups is 1. The van der Waals surface area contributed by atoms with Crippen molar-refractivity contribution in [3.63, 3.8) is 0 Å². The minimum atomic E-state index is -0.437. The molecule has 1 unspecified atom stereocenters. The first-order valence-corrected chi connectivity index (χ1v) is 13.4. The lowest BCUT2D eigenvalue weighted by Crippen LogP contribution is -2.47. The van der Waals surface area contributed by atoms with E-state index in [1.165, 1.54) is 14.2 Å². The van der Waals surface area contributed by atoms with E-state index in [-0.39, 0.29) is 6.04 Å². The predicted molar refractivity (Wildman–Crippen MR) is 151 cm³/mol. The molecule has 0 fully saturated rings. The monoisotopic (exact) mass is 542 g/mol. The molecule has 0 saturated heterocycles. The van der Waals surface area contributed by atoms with E-state index in [4.69, 9.17) is 30.6 Å². The van der Waals surface area contributed by atoms with E-state index in [1.807, 2.05) is 30.3 Å². The molecule has 0 spiro atoms. The van der Waals surface area contributed by atoms with E-state index in [0.717, 1.165) is 57.4 Å². The fourth-order valence-electron chi connectivity index (χ4n) is 4.43. The summed E-state index contributed by atoms with van der Waals surface area (Å²) in [6, 6.07) is 12.9. The van der Waals surface area contributed by atoms with Gasteiger partial charge in [-0.1, -0.05) is 30.3 Å². The standard InChI is InChI=1S/C28H42N6O5/c1-36-24-19-22-20-25(26(24)37-2)38-17-6-11-23(34(30)27(33-29)21-9-4-3-5-10-21)12-16-32-14-7-13-31-15-8-18-39-28(22)35/h3-5,9-10,19-20,23,31-32H,6-8,11-18,29-30H2,1-2H3/b33-27-. The number of esters is 1. The number of carbonyl (C=O) groups is 1. The molecule has 1 aliphatic rings. The quantitative estimate of drug-likeness (QED) is 0.149. The number of amidine groups is 1. The Morgan fingerprint density at radius 3 is 2.38 bits per heavy atom. The molecule has 1 aliphatic heterocycles. The van der Waals surface area contributed by atoms with E-state index in [0.29, 0.717) is 48.3 Å². The number of nitrogens with zero attached hydrogens (tertiary/aromatic N) is 2. The summed E-state index contributed by atoms with van der Waals surface area (Å²) in [5, 5.41) is 12.5. The van der Waals surface area contributed by atoms with Crippen LogP contribution in [-0.2, 0) is 4.74 Å². The van der Waals surface area contributed by atoms with E-state index < -0.39 is 5.97 Å². The van der Waals surface area contributed by atoms with Gasteiger partial charge in [0.15, 0.2) is 17.3 Å². The number of hydrogen-bond donors (Lipinski definition) is 4. The highest BCUT2D eigenvalue weighted by Crippen LogP contribution is 2.38. The van der Waals surface area contributed by atoms with Crippen LogP contribution in [0, 0.1) is 0 Å². The molecule has 11 heteroatoms. The average molecular weight is 543 g/mol. The predicted octanol–water partition coefficient (Wildman–Crippen LogP) is 2.25. The zero-order valence-electron chi connectivity index (χ0n) is 23.0. The van der Waals surface area contributed by atoms with E-state index in [2.05, 4.69) is 15.7 Å². The summed E-state index contributed by atoms with van der Waals surface area (Å²) < 4.78 is 22.5. The van der Waals surface area contributed by atoms with Crippen LogP contribution in [0.4, 0.5) is 0 Å². The molecule has 0 aliphatic carbocycles. The van der Waals surface area contributed by atoms with Crippen LogP contribution in [0.2, 0.25) is 0 Å². The van der Waals surface area contributed by atoms with Gasteiger partial charge in [-0.2, -0.15) is 5.10 Å². The second-order valence-electron chi connectivity index (χ2n) is 9.21. The third-order valence-electron chi connectivity index (χ3n) is 6.50. The van der Waals surface area contributed by atoms with Gasteiger partial charge in [-0.05, 0) is 70.4 Å². The molecule has 214 valence electrons. The van der Waals surface area contributed by atoms with Crippen molar-refractivity contribution >= 4 is 11.8 Å². The third kappa shape index (κ3) is 9.02. The summed E-state index contributed by atoms with van der Waals surface area (Å²) in [4.78, 5) is 12.7. The van der Waals surface area contributed by atoms with Crippen molar-refractivity contribution in [1.82, 2.24) is 15.6 Å². The molecule has 39 heavy (non-hydrogen) atoms. The van der Waals surface area contributed by atoms with Crippen LogP contribution in [0.25, 0.3) is 0 Å².